The van der Waals surface area contributed by atoms with E-state index in [1.165, 1.54) is 212 Å². The van der Waals surface area contributed by atoms with Crippen molar-refractivity contribution in [3.8, 4) is 0 Å². The van der Waals surface area contributed by atoms with Gasteiger partial charge in [-0.2, -0.15) is 0 Å². The number of aliphatic hydroxyl groups is 1. The molecule has 19 heteroatoms. The lowest BCUT2D eigenvalue weighted by molar-refractivity contribution is -0.161. The minimum atomic E-state index is -4.96. The standard InChI is InChI=1S/C79H154O17P2/c1-8-9-10-11-12-13-14-15-16-17-18-22-25-28-31-34-37-46-53-60-76(81)89-66-74(95-78(83)62-55-48-38-35-32-29-26-23-20-19-21-24-27-30-33-36-43-50-57-70(2)3)68-93-97(85,86)91-64-73(80)65-92-98(87,88)94-69-75(96-79(84)63-56-49-42-40-45-52-59-72(6)7)67-90-77(82)61-54-47-41-39-44-51-58-71(4)5/h70-75,80H,8-69H2,1-7H3,(H,85,86)(H,87,88)/t73-,74-,75-/m1/s1. The molecule has 0 aliphatic carbocycles. The van der Waals surface area contributed by atoms with Gasteiger partial charge >= 0.3 is 39.5 Å². The van der Waals surface area contributed by atoms with Crippen molar-refractivity contribution < 1.29 is 80.2 Å². The number of carbonyl (C=O) groups excluding carboxylic acids is 4. The molecule has 0 radical (unpaired) electrons. The van der Waals surface area contributed by atoms with Crippen LogP contribution in [0, 0.1) is 17.8 Å². The molecule has 0 saturated carbocycles. The summed E-state index contributed by atoms with van der Waals surface area (Å²) in [6.07, 6.45) is 57.5. The zero-order chi connectivity index (χ0) is 72.3. The molecule has 5 atom stereocenters. The third kappa shape index (κ3) is 72.4. The number of hydrogen-bond acceptors (Lipinski definition) is 15. The van der Waals surface area contributed by atoms with Crippen LogP contribution in [0.25, 0.3) is 0 Å². The van der Waals surface area contributed by atoms with E-state index in [9.17, 15) is 43.2 Å². The first kappa shape index (κ1) is 96.1. The number of carbonyl (C=O) groups is 4. The van der Waals surface area contributed by atoms with E-state index >= 15 is 0 Å². The Labute approximate surface area is 600 Å². The smallest absolute Gasteiger partial charge is 0.462 e. The summed E-state index contributed by atoms with van der Waals surface area (Å²) in [7, 11) is -9.91. The van der Waals surface area contributed by atoms with E-state index in [1.54, 1.807) is 0 Å². The molecule has 0 bridgehead atoms. The van der Waals surface area contributed by atoms with Crippen LogP contribution in [0.15, 0.2) is 0 Å². The monoisotopic (exact) mass is 1440 g/mol. The Morgan fingerprint density at radius 2 is 0.469 bits per heavy atom. The number of phosphoric acid groups is 2. The van der Waals surface area contributed by atoms with Crippen molar-refractivity contribution >= 4 is 39.5 Å². The van der Waals surface area contributed by atoms with Crippen LogP contribution in [0.3, 0.4) is 0 Å². The highest BCUT2D eigenvalue weighted by Crippen LogP contribution is 2.45. The van der Waals surface area contributed by atoms with Gasteiger partial charge in [-0.05, 0) is 43.4 Å². The Hall–Kier alpha value is -1.94. The van der Waals surface area contributed by atoms with Crippen molar-refractivity contribution in [1.29, 1.82) is 0 Å². The second kappa shape index (κ2) is 69.4. The molecule has 2 unspecified atom stereocenters. The SMILES string of the molecule is CCCCCCCCCCCCCCCCCCCCCC(=O)OC[C@H](COP(=O)(O)OC[C@@H](O)COP(=O)(O)OC[C@@H](COC(=O)CCCCCCCCC(C)C)OC(=O)CCCCCCCCC(C)C)OC(=O)CCCCCCCCCCCCCCCCCCCCC(C)C. The summed E-state index contributed by atoms with van der Waals surface area (Å²) in [5, 5.41) is 10.6. The van der Waals surface area contributed by atoms with Gasteiger partial charge in [0.2, 0.25) is 0 Å². The molecule has 0 aromatic rings. The van der Waals surface area contributed by atoms with Crippen LogP contribution >= 0.6 is 15.6 Å². The highest BCUT2D eigenvalue weighted by molar-refractivity contribution is 7.47. The molecule has 0 aromatic heterocycles. The highest BCUT2D eigenvalue weighted by Gasteiger charge is 2.30. The number of hydrogen-bond donors (Lipinski definition) is 3. The first-order valence-corrected chi connectivity index (χ1v) is 43.8. The Morgan fingerprint density at radius 3 is 0.694 bits per heavy atom. The summed E-state index contributed by atoms with van der Waals surface area (Å²) in [4.78, 5) is 72.8. The number of ether oxygens (including phenoxy) is 4. The lowest BCUT2D eigenvalue weighted by Gasteiger charge is -2.21. The number of aliphatic hydroxyl groups excluding tert-OH is 1. The zero-order valence-electron chi connectivity index (χ0n) is 64.3. The molecule has 17 nitrogen and oxygen atoms in total. The molecule has 3 N–H and O–H groups in total. The summed E-state index contributed by atoms with van der Waals surface area (Å²) in [5.41, 5.74) is 0. The fourth-order valence-electron chi connectivity index (χ4n) is 12.1. The fourth-order valence-corrected chi connectivity index (χ4v) is 13.7. The predicted octanol–water partition coefficient (Wildman–Crippen LogP) is 23.4. The molecule has 0 rings (SSSR count). The molecule has 582 valence electrons. The largest absolute Gasteiger partial charge is 0.472 e. The van der Waals surface area contributed by atoms with Crippen LogP contribution in [-0.2, 0) is 65.4 Å². The van der Waals surface area contributed by atoms with Crippen LogP contribution in [-0.4, -0.2) is 96.7 Å². The molecule has 0 aliphatic rings. The second-order valence-corrected chi connectivity index (χ2v) is 32.8. The number of phosphoric ester groups is 2. The minimum Gasteiger partial charge on any atom is -0.462 e. The fraction of sp³-hybridized carbons (Fsp3) is 0.949. The van der Waals surface area contributed by atoms with Gasteiger partial charge in [-0.1, -0.05) is 357 Å². The van der Waals surface area contributed by atoms with Crippen molar-refractivity contribution in [3.05, 3.63) is 0 Å². The lowest BCUT2D eigenvalue weighted by atomic mass is 10.0. The third-order valence-corrected chi connectivity index (χ3v) is 20.3. The van der Waals surface area contributed by atoms with E-state index in [-0.39, 0.29) is 25.7 Å². The number of rotatable bonds is 77. The maximum Gasteiger partial charge on any atom is 0.472 e. The van der Waals surface area contributed by atoms with Gasteiger partial charge in [0.25, 0.3) is 0 Å². The number of unbranched alkanes of at least 4 members (excludes halogenated alkanes) is 45. The predicted molar refractivity (Wildman–Crippen MR) is 400 cm³/mol. The molecule has 0 saturated heterocycles. The van der Waals surface area contributed by atoms with Crippen molar-refractivity contribution in [2.75, 3.05) is 39.6 Å². The van der Waals surface area contributed by atoms with Crippen molar-refractivity contribution in [3.63, 3.8) is 0 Å². The molecule has 0 aromatic carbocycles. The molecule has 0 fully saturated rings. The maximum absolute atomic E-state index is 13.1. The van der Waals surface area contributed by atoms with E-state index in [0.717, 1.165) is 102 Å². The average Bonchev–Trinajstić information content (AvgIpc) is 1.89. The summed E-state index contributed by atoms with van der Waals surface area (Å²) >= 11 is 0. The average molecular weight is 1440 g/mol. The summed E-state index contributed by atoms with van der Waals surface area (Å²) in [5.74, 6) is 0.0467. The van der Waals surface area contributed by atoms with E-state index in [0.29, 0.717) is 37.5 Å². The van der Waals surface area contributed by atoms with Crippen LogP contribution in [0.1, 0.15) is 408 Å². The molecule has 0 heterocycles. The van der Waals surface area contributed by atoms with E-state index < -0.39 is 97.5 Å². The Morgan fingerprint density at radius 1 is 0.276 bits per heavy atom. The third-order valence-electron chi connectivity index (χ3n) is 18.4. The molecule has 0 aliphatic heterocycles. The van der Waals surface area contributed by atoms with Gasteiger partial charge in [0.05, 0.1) is 26.4 Å². The molecule has 98 heavy (non-hydrogen) atoms. The Kier molecular flexibility index (Phi) is 68.1. The van der Waals surface area contributed by atoms with E-state index in [4.69, 9.17) is 37.0 Å². The lowest BCUT2D eigenvalue weighted by Crippen LogP contribution is -2.30. The Bertz CT molecular complexity index is 1900. The van der Waals surface area contributed by atoms with Gasteiger partial charge in [-0.15, -0.1) is 0 Å². The van der Waals surface area contributed by atoms with Crippen LogP contribution in [0.5, 0.6) is 0 Å². The highest BCUT2D eigenvalue weighted by atomic mass is 31.2. The van der Waals surface area contributed by atoms with Gasteiger partial charge in [-0.3, -0.25) is 37.3 Å². The van der Waals surface area contributed by atoms with Crippen molar-refractivity contribution in [2.24, 2.45) is 17.8 Å². The quantitative estimate of drug-likeness (QED) is 0.0222. The second-order valence-electron chi connectivity index (χ2n) is 29.9. The first-order valence-electron chi connectivity index (χ1n) is 40.8. The molecule has 0 amide bonds. The topological polar surface area (TPSA) is 237 Å². The van der Waals surface area contributed by atoms with Crippen LogP contribution in [0.2, 0.25) is 0 Å². The summed E-state index contributed by atoms with van der Waals surface area (Å²) in [6, 6.07) is 0. The summed E-state index contributed by atoms with van der Waals surface area (Å²) in [6.45, 7) is 11.8. The van der Waals surface area contributed by atoms with Gasteiger partial charge in [0.15, 0.2) is 12.2 Å². The molecular weight excluding hydrogens is 1280 g/mol. The van der Waals surface area contributed by atoms with E-state index in [2.05, 4.69) is 48.5 Å². The van der Waals surface area contributed by atoms with Gasteiger partial charge in [0.1, 0.15) is 19.3 Å². The van der Waals surface area contributed by atoms with Crippen LogP contribution < -0.4 is 0 Å². The van der Waals surface area contributed by atoms with Gasteiger partial charge in [-0.25, -0.2) is 9.13 Å². The van der Waals surface area contributed by atoms with Crippen molar-refractivity contribution in [2.45, 2.75) is 426 Å². The van der Waals surface area contributed by atoms with E-state index in [1.807, 2.05) is 0 Å². The number of esters is 4. The summed E-state index contributed by atoms with van der Waals surface area (Å²) < 4.78 is 68.5. The molecular formula is C79H154O17P2. The minimum absolute atomic E-state index is 0.101. The zero-order valence-corrected chi connectivity index (χ0v) is 66.0. The normalized spacial score (nSPS) is 14.0. The molecule has 0 spiro atoms. The van der Waals surface area contributed by atoms with Gasteiger partial charge < -0.3 is 33.8 Å². The van der Waals surface area contributed by atoms with Gasteiger partial charge in [0, 0.05) is 25.7 Å². The van der Waals surface area contributed by atoms with Crippen LogP contribution in [0.4, 0.5) is 0 Å². The maximum atomic E-state index is 13.1. The Balaban J connectivity index is 5.17. The first-order chi connectivity index (χ1) is 47.2. The van der Waals surface area contributed by atoms with Crippen molar-refractivity contribution in [1.82, 2.24) is 0 Å².